The summed E-state index contributed by atoms with van der Waals surface area (Å²) in [6.07, 6.45) is -0.453. The second kappa shape index (κ2) is 5.94. The Morgan fingerprint density at radius 1 is 1.46 bits per heavy atom. The second-order valence-electron chi connectivity index (χ2n) is 3.50. The van der Waals surface area contributed by atoms with Crippen molar-refractivity contribution in [2.75, 3.05) is 13.7 Å². The lowest BCUT2D eigenvalue weighted by Gasteiger charge is -2.20. The number of hydrogen-bond donors (Lipinski definition) is 2. The summed E-state index contributed by atoms with van der Waals surface area (Å²) in [4.78, 5) is 11.2. The van der Waals surface area contributed by atoms with E-state index in [0.717, 1.165) is 0 Å². The van der Waals surface area contributed by atoms with Crippen LogP contribution in [0.25, 0.3) is 0 Å². The lowest BCUT2D eigenvalue weighted by molar-refractivity contribution is -0.144. The lowest BCUT2D eigenvalue weighted by Crippen LogP contribution is -2.44. The summed E-state index contributed by atoms with van der Waals surface area (Å²) in [5, 5.41) is 12.0. The van der Waals surface area contributed by atoms with Crippen LogP contribution in [0, 0.1) is 5.92 Å². The summed E-state index contributed by atoms with van der Waals surface area (Å²) in [6.45, 7) is 5.92. The van der Waals surface area contributed by atoms with Crippen LogP contribution in [0.15, 0.2) is 0 Å². The SMILES string of the molecule is COC(=O)[C@@H](NCC(C)O)C(C)C. The highest BCUT2D eigenvalue weighted by atomic mass is 16.5. The Kier molecular flexibility index (Phi) is 5.66. The molecule has 2 N–H and O–H groups in total. The first kappa shape index (κ1) is 12.4. The first-order valence-corrected chi connectivity index (χ1v) is 4.48. The molecule has 0 saturated carbocycles. The number of aliphatic hydroxyl groups is 1. The van der Waals surface area contributed by atoms with E-state index in [1.54, 1.807) is 6.92 Å². The zero-order valence-corrected chi connectivity index (χ0v) is 8.70. The highest BCUT2D eigenvalue weighted by Crippen LogP contribution is 2.03. The number of esters is 1. The molecule has 0 aromatic heterocycles. The largest absolute Gasteiger partial charge is 0.468 e. The second-order valence-corrected chi connectivity index (χ2v) is 3.50. The molecule has 78 valence electrons. The molecule has 0 heterocycles. The van der Waals surface area contributed by atoms with Crippen LogP contribution in [0.4, 0.5) is 0 Å². The molecule has 0 aromatic carbocycles. The van der Waals surface area contributed by atoms with Crippen LogP contribution in [0.1, 0.15) is 20.8 Å². The Hall–Kier alpha value is -0.610. The zero-order valence-electron chi connectivity index (χ0n) is 8.70. The summed E-state index contributed by atoms with van der Waals surface area (Å²) in [5.74, 6) is -0.123. The van der Waals surface area contributed by atoms with Gasteiger partial charge >= 0.3 is 5.97 Å². The van der Waals surface area contributed by atoms with Crippen molar-refractivity contribution in [3.05, 3.63) is 0 Å². The predicted molar refractivity (Wildman–Crippen MR) is 50.3 cm³/mol. The van der Waals surface area contributed by atoms with E-state index in [-0.39, 0.29) is 17.9 Å². The van der Waals surface area contributed by atoms with Gasteiger partial charge in [-0.05, 0) is 12.8 Å². The molecule has 0 aliphatic heterocycles. The first-order valence-electron chi connectivity index (χ1n) is 4.48. The Morgan fingerprint density at radius 2 is 2.00 bits per heavy atom. The minimum Gasteiger partial charge on any atom is -0.468 e. The summed E-state index contributed by atoms with van der Waals surface area (Å²) in [7, 11) is 1.36. The first-order chi connectivity index (χ1) is 5.99. The van der Waals surface area contributed by atoms with Gasteiger partial charge in [0.05, 0.1) is 13.2 Å². The van der Waals surface area contributed by atoms with Crippen molar-refractivity contribution in [1.29, 1.82) is 0 Å². The number of ether oxygens (including phenoxy) is 1. The minimum absolute atomic E-state index is 0.159. The Balaban J connectivity index is 4.03. The molecule has 0 spiro atoms. The minimum atomic E-state index is -0.453. The molecule has 1 unspecified atom stereocenters. The molecule has 0 radical (unpaired) electrons. The van der Waals surface area contributed by atoms with E-state index in [1.165, 1.54) is 7.11 Å². The summed E-state index contributed by atoms with van der Waals surface area (Å²) < 4.78 is 4.62. The van der Waals surface area contributed by atoms with Gasteiger partial charge in [0.15, 0.2) is 0 Å². The highest BCUT2D eigenvalue weighted by Gasteiger charge is 2.22. The zero-order chi connectivity index (χ0) is 10.4. The lowest BCUT2D eigenvalue weighted by atomic mass is 10.0. The van der Waals surface area contributed by atoms with E-state index in [4.69, 9.17) is 5.11 Å². The van der Waals surface area contributed by atoms with E-state index < -0.39 is 6.10 Å². The summed E-state index contributed by atoms with van der Waals surface area (Å²) >= 11 is 0. The van der Waals surface area contributed by atoms with Gasteiger partial charge in [-0.1, -0.05) is 13.8 Å². The van der Waals surface area contributed by atoms with E-state index in [0.29, 0.717) is 6.54 Å². The summed E-state index contributed by atoms with van der Waals surface area (Å²) in [6, 6.07) is -0.334. The molecule has 4 nitrogen and oxygen atoms in total. The summed E-state index contributed by atoms with van der Waals surface area (Å²) in [5.41, 5.74) is 0. The standard InChI is InChI=1S/C9H19NO3/c1-6(2)8(9(12)13-4)10-5-7(3)11/h6-8,10-11H,5H2,1-4H3/t7?,8-/m0/s1. The van der Waals surface area contributed by atoms with Crippen molar-refractivity contribution in [3.63, 3.8) is 0 Å². The molecule has 2 atom stereocenters. The number of aliphatic hydroxyl groups excluding tert-OH is 1. The molecule has 0 saturated heterocycles. The number of hydrogen-bond acceptors (Lipinski definition) is 4. The number of carbonyl (C=O) groups is 1. The molecular weight excluding hydrogens is 170 g/mol. The number of rotatable bonds is 5. The van der Waals surface area contributed by atoms with Gasteiger partial charge in [-0.15, -0.1) is 0 Å². The average molecular weight is 189 g/mol. The van der Waals surface area contributed by atoms with Crippen LogP contribution in [0.2, 0.25) is 0 Å². The van der Waals surface area contributed by atoms with Gasteiger partial charge in [-0.25, -0.2) is 0 Å². The Morgan fingerprint density at radius 3 is 2.31 bits per heavy atom. The molecule has 4 heteroatoms. The predicted octanol–water partition coefficient (Wildman–Crippen LogP) is 0.154. The van der Waals surface area contributed by atoms with Gasteiger partial charge in [0.1, 0.15) is 6.04 Å². The molecule has 13 heavy (non-hydrogen) atoms. The third-order valence-electron chi connectivity index (χ3n) is 1.75. The molecule has 0 aromatic rings. The normalized spacial score (nSPS) is 15.5. The van der Waals surface area contributed by atoms with Gasteiger partial charge in [0.2, 0.25) is 0 Å². The third kappa shape index (κ3) is 4.85. The van der Waals surface area contributed by atoms with E-state index in [1.807, 2.05) is 13.8 Å². The van der Waals surface area contributed by atoms with Crippen LogP contribution in [-0.2, 0) is 9.53 Å². The van der Waals surface area contributed by atoms with Crippen molar-refractivity contribution in [3.8, 4) is 0 Å². The van der Waals surface area contributed by atoms with Crippen LogP contribution in [0.5, 0.6) is 0 Å². The topological polar surface area (TPSA) is 58.6 Å². The van der Waals surface area contributed by atoms with Crippen LogP contribution >= 0.6 is 0 Å². The maximum atomic E-state index is 11.2. The van der Waals surface area contributed by atoms with Crippen LogP contribution < -0.4 is 5.32 Å². The third-order valence-corrected chi connectivity index (χ3v) is 1.75. The van der Waals surface area contributed by atoms with E-state index in [2.05, 4.69) is 10.1 Å². The fourth-order valence-corrected chi connectivity index (χ4v) is 1.02. The van der Waals surface area contributed by atoms with Gasteiger partial charge in [0, 0.05) is 6.54 Å². The van der Waals surface area contributed by atoms with Crippen molar-refractivity contribution in [1.82, 2.24) is 5.32 Å². The Labute approximate surface area is 79.3 Å². The molecule has 0 amide bonds. The van der Waals surface area contributed by atoms with Crippen LogP contribution in [-0.4, -0.2) is 36.9 Å². The average Bonchev–Trinajstić information content (AvgIpc) is 2.03. The van der Waals surface area contributed by atoms with E-state index >= 15 is 0 Å². The quantitative estimate of drug-likeness (QED) is 0.605. The van der Waals surface area contributed by atoms with Crippen molar-refractivity contribution in [2.45, 2.75) is 32.9 Å². The maximum absolute atomic E-state index is 11.2. The van der Waals surface area contributed by atoms with Gasteiger partial charge in [0.25, 0.3) is 0 Å². The molecule has 0 aliphatic carbocycles. The molecule has 0 fully saturated rings. The molecule has 0 aliphatic rings. The smallest absolute Gasteiger partial charge is 0.323 e. The van der Waals surface area contributed by atoms with Crippen molar-refractivity contribution in [2.24, 2.45) is 5.92 Å². The highest BCUT2D eigenvalue weighted by molar-refractivity contribution is 5.75. The van der Waals surface area contributed by atoms with Crippen LogP contribution in [0.3, 0.4) is 0 Å². The monoisotopic (exact) mass is 189 g/mol. The molecular formula is C9H19NO3. The molecule has 0 rings (SSSR count). The van der Waals surface area contributed by atoms with Gasteiger partial charge < -0.3 is 15.2 Å². The Bertz CT molecular complexity index is 157. The van der Waals surface area contributed by atoms with Gasteiger partial charge in [-0.3, -0.25) is 4.79 Å². The number of nitrogens with one attached hydrogen (secondary N) is 1. The fourth-order valence-electron chi connectivity index (χ4n) is 1.02. The van der Waals surface area contributed by atoms with Gasteiger partial charge in [-0.2, -0.15) is 0 Å². The fraction of sp³-hybridized carbons (Fsp3) is 0.889. The maximum Gasteiger partial charge on any atom is 0.323 e. The van der Waals surface area contributed by atoms with Crippen molar-refractivity contribution < 1.29 is 14.6 Å². The number of methoxy groups -OCH3 is 1. The van der Waals surface area contributed by atoms with Crippen molar-refractivity contribution >= 4 is 5.97 Å². The number of carbonyl (C=O) groups excluding carboxylic acids is 1. The van der Waals surface area contributed by atoms with E-state index in [9.17, 15) is 4.79 Å². The molecule has 0 bridgehead atoms.